The van der Waals surface area contributed by atoms with Crippen LogP contribution in [-0.2, 0) is 9.84 Å². The number of Topliss-reactive ketones (excluding diaryl/α,β-unsaturated/α-hetero) is 1. The minimum atomic E-state index is -2.97. The van der Waals surface area contributed by atoms with Crippen LogP contribution in [0.2, 0.25) is 0 Å². The fourth-order valence-corrected chi connectivity index (χ4v) is 2.33. The third-order valence-electron chi connectivity index (χ3n) is 2.61. The lowest BCUT2D eigenvalue weighted by Crippen LogP contribution is -2.07. The van der Waals surface area contributed by atoms with E-state index in [4.69, 9.17) is 0 Å². The highest BCUT2D eigenvalue weighted by molar-refractivity contribution is 7.90. The Morgan fingerprint density at radius 2 is 1.88 bits per heavy atom. The summed E-state index contributed by atoms with van der Waals surface area (Å²) < 4.78 is 21.9. The van der Waals surface area contributed by atoms with E-state index < -0.39 is 9.84 Å². The average Bonchev–Trinajstić information content (AvgIpc) is 2.19. The van der Waals surface area contributed by atoms with Crippen molar-refractivity contribution in [2.45, 2.75) is 26.7 Å². The van der Waals surface area contributed by atoms with E-state index in [2.05, 4.69) is 0 Å². The molecule has 1 aromatic carbocycles. The number of sulfone groups is 1. The number of carbonyl (C=O) groups excluding carboxylic acids is 1. The maximum atomic E-state index is 11.9. The Morgan fingerprint density at radius 1 is 1.24 bits per heavy atom. The number of hydrogen-bond acceptors (Lipinski definition) is 3. The van der Waals surface area contributed by atoms with Crippen LogP contribution in [0.15, 0.2) is 18.2 Å². The molecule has 0 bridgehead atoms. The zero-order chi connectivity index (χ0) is 13.1. The topological polar surface area (TPSA) is 51.2 Å². The number of carbonyl (C=O) groups is 1. The van der Waals surface area contributed by atoms with Gasteiger partial charge in [0.1, 0.15) is 9.84 Å². The van der Waals surface area contributed by atoms with E-state index in [0.717, 1.165) is 11.1 Å². The Morgan fingerprint density at radius 3 is 2.47 bits per heavy atom. The molecule has 3 nitrogen and oxygen atoms in total. The van der Waals surface area contributed by atoms with Gasteiger partial charge < -0.3 is 0 Å². The van der Waals surface area contributed by atoms with Crippen molar-refractivity contribution in [3.8, 4) is 0 Å². The summed E-state index contributed by atoms with van der Waals surface area (Å²) in [4.78, 5) is 11.9. The Labute approximate surface area is 103 Å². The Balaban J connectivity index is 2.67. The Bertz CT molecular complexity index is 515. The maximum Gasteiger partial charge on any atom is 0.163 e. The van der Waals surface area contributed by atoms with E-state index in [-0.39, 0.29) is 18.0 Å². The van der Waals surface area contributed by atoms with Crippen LogP contribution in [0.3, 0.4) is 0 Å². The summed E-state index contributed by atoms with van der Waals surface area (Å²) in [5.41, 5.74) is 2.69. The number of hydrogen-bond donors (Lipinski definition) is 0. The lowest BCUT2D eigenvalue weighted by atomic mass is 10.00. The van der Waals surface area contributed by atoms with Crippen molar-refractivity contribution in [2.24, 2.45) is 0 Å². The van der Waals surface area contributed by atoms with Crippen molar-refractivity contribution in [1.82, 2.24) is 0 Å². The molecule has 94 valence electrons. The summed E-state index contributed by atoms with van der Waals surface area (Å²) in [5.74, 6) is 0.0960. The molecule has 17 heavy (non-hydrogen) atoms. The standard InChI is InChI=1S/C13H18O3S/c1-10-6-7-11(2)12(9-10)13(14)5-4-8-17(3,15)16/h6-7,9H,4-5,8H2,1-3H3. The van der Waals surface area contributed by atoms with Crippen molar-refractivity contribution in [2.75, 3.05) is 12.0 Å². The van der Waals surface area contributed by atoms with Crippen LogP contribution in [-0.4, -0.2) is 26.2 Å². The van der Waals surface area contributed by atoms with Gasteiger partial charge in [0.25, 0.3) is 0 Å². The molecule has 1 aromatic rings. The number of ketones is 1. The molecule has 0 aliphatic rings. The van der Waals surface area contributed by atoms with Crippen LogP contribution in [0.25, 0.3) is 0 Å². The summed E-state index contributed by atoms with van der Waals surface area (Å²) in [6.07, 6.45) is 1.87. The molecule has 0 aromatic heterocycles. The molecule has 0 spiro atoms. The van der Waals surface area contributed by atoms with Gasteiger partial charge in [0.15, 0.2) is 5.78 Å². The molecule has 0 aliphatic heterocycles. The van der Waals surface area contributed by atoms with Gasteiger partial charge in [0.2, 0.25) is 0 Å². The summed E-state index contributed by atoms with van der Waals surface area (Å²) in [6, 6.07) is 5.74. The highest BCUT2D eigenvalue weighted by Gasteiger charge is 2.10. The summed E-state index contributed by atoms with van der Waals surface area (Å²) in [7, 11) is -2.97. The zero-order valence-electron chi connectivity index (χ0n) is 10.5. The fourth-order valence-electron chi connectivity index (χ4n) is 1.67. The van der Waals surface area contributed by atoms with Gasteiger partial charge in [-0.1, -0.05) is 17.7 Å². The smallest absolute Gasteiger partial charge is 0.163 e. The molecule has 0 saturated heterocycles. The summed E-state index contributed by atoms with van der Waals surface area (Å²) in [5, 5.41) is 0. The van der Waals surface area contributed by atoms with Crippen LogP contribution >= 0.6 is 0 Å². The van der Waals surface area contributed by atoms with Gasteiger partial charge in [-0.15, -0.1) is 0 Å². The first-order valence-electron chi connectivity index (χ1n) is 5.58. The highest BCUT2D eigenvalue weighted by atomic mass is 32.2. The minimum absolute atomic E-state index is 0.0230. The Kier molecular flexibility index (Phi) is 4.46. The average molecular weight is 254 g/mol. The molecule has 0 unspecified atom stereocenters. The van der Waals surface area contributed by atoms with Crippen molar-refractivity contribution in [3.63, 3.8) is 0 Å². The molecule has 0 saturated carbocycles. The van der Waals surface area contributed by atoms with Crippen molar-refractivity contribution in [3.05, 3.63) is 34.9 Å². The first-order chi connectivity index (χ1) is 7.79. The Hall–Kier alpha value is -1.16. The highest BCUT2D eigenvalue weighted by Crippen LogP contribution is 2.14. The van der Waals surface area contributed by atoms with Gasteiger partial charge in [-0.2, -0.15) is 0 Å². The van der Waals surface area contributed by atoms with E-state index in [0.29, 0.717) is 12.0 Å². The molecule has 0 atom stereocenters. The summed E-state index contributed by atoms with van der Waals surface area (Å²) >= 11 is 0. The van der Waals surface area contributed by atoms with Gasteiger partial charge in [-0.25, -0.2) is 8.42 Å². The molecule has 0 N–H and O–H groups in total. The first kappa shape index (κ1) is 13.9. The lowest BCUT2D eigenvalue weighted by Gasteiger charge is -2.05. The predicted molar refractivity (Wildman–Crippen MR) is 69.2 cm³/mol. The van der Waals surface area contributed by atoms with E-state index in [9.17, 15) is 13.2 Å². The second-order valence-corrected chi connectivity index (χ2v) is 6.73. The number of benzene rings is 1. The number of aryl methyl sites for hydroxylation is 2. The minimum Gasteiger partial charge on any atom is -0.294 e. The van der Waals surface area contributed by atoms with Crippen molar-refractivity contribution >= 4 is 15.6 Å². The largest absolute Gasteiger partial charge is 0.294 e. The van der Waals surface area contributed by atoms with Crippen molar-refractivity contribution in [1.29, 1.82) is 0 Å². The molecule has 0 radical (unpaired) electrons. The lowest BCUT2D eigenvalue weighted by molar-refractivity contribution is 0.0981. The maximum absolute atomic E-state index is 11.9. The molecule has 4 heteroatoms. The molecular formula is C13H18O3S. The van der Waals surface area contributed by atoms with Crippen LogP contribution < -0.4 is 0 Å². The van der Waals surface area contributed by atoms with Gasteiger partial charge >= 0.3 is 0 Å². The van der Waals surface area contributed by atoms with Gasteiger partial charge in [-0.3, -0.25) is 4.79 Å². The second-order valence-electron chi connectivity index (χ2n) is 4.47. The quantitative estimate of drug-likeness (QED) is 0.758. The van der Waals surface area contributed by atoms with Crippen LogP contribution in [0.5, 0.6) is 0 Å². The van der Waals surface area contributed by atoms with Gasteiger partial charge in [0, 0.05) is 18.2 Å². The summed E-state index contributed by atoms with van der Waals surface area (Å²) in [6.45, 7) is 3.83. The van der Waals surface area contributed by atoms with Crippen LogP contribution in [0.4, 0.5) is 0 Å². The zero-order valence-corrected chi connectivity index (χ0v) is 11.3. The van der Waals surface area contributed by atoms with E-state index in [1.54, 1.807) is 0 Å². The predicted octanol–water partition coefficient (Wildman–Crippen LogP) is 2.31. The SMILES string of the molecule is Cc1ccc(C)c(C(=O)CCCS(C)(=O)=O)c1. The number of rotatable bonds is 5. The monoisotopic (exact) mass is 254 g/mol. The third-order valence-corrected chi connectivity index (χ3v) is 3.64. The van der Waals surface area contributed by atoms with E-state index in [1.165, 1.54) is 6.26 Å². The molecule has 0 aliphatic carbocycles. The van der Waals surface area contributed by atoms with Gasteiger partial charge in [0.05, 0.1) is 5.75 Å². The van der Waals surface area contributed by atoms with Crippen LogP contribution in [0.1, 0.15) is 34.3 Å². The normalized spacial score (nSPS) is 11.5. The van der Waals surface area contributed by atoms with E-state index >= 15 is 0 Å². The molecule has 0 amide bonds. The molecule has 0 fully saturated rings. The molecule has 0 heterocycles. The van der Waals surface area contributed by atoms with Gasteiger partial charge in [-0.05, 0) is 31.9 Å². The van der Waals surface area contributed by atoms with Crippen LogP contribution in [0, 0.1) is 13.8 Å². The van der Waals surface area contributed by atoms with E-state index in [1.807, 2.05) is 32.0 Å². The van der Waals surface area contributed by atoms with Crippen molar-refractivity contribution < 1.29 is 13.2 Å². The first-order valence-corrected chi connectivity index (χ1v) is 7.64. The molecule has 1 rings (SSSR count). The molecular weight excluding hydrogens is 236 g/mol. The second kappa shape index (κ2) is 5.45. The fraction of sp³-hybridized carbons (Fsp3) is 0.462. The third kappa shape index (κ3) is 4.69.